The summed E-state index contributed by atoms with van der Waals surface area (Å²) in [5.74, 6) is 0. The van der Waals surface area contributed by atoms with Crippen molar-refractivity contribution in [3.8, 4) is 0 Å². The first-order chi connectivity index (χ1) is 9.56. The first-order valence-electron chi connectivity index (χ1n) is 6.48. The summed E-state index contributed by atoms with van der Waals surface area (Å²) in [6.07, 6.45) is 0. The van der Waals surface area contributed by atoms with Crippen molar-refractivity contribution in [2.75, 3.05) is 0 Å². The van der Waals surface area contributed by atoms with Gasteiger partial charge in [0, 0.05) is 12.5 Å². The van der Waals surface area contributed by atoms with E-state index < -0.39 is 5.66 Å². The lowest BCUT2D eigenvalue weighted by Gasteiger charge is -2.29. The van der Waals surface area contributed by atoms with E-state index in [2.05, 4.69) is 0 Å². The van der Waals surface area contributed by atoms with E-state index in [-0.39, 0.29) is 6.04 Å². The van der Waals surface area contributed by atoms with Crippen LogP contribution in [0.25, 0.3) is 0 Å². The monoisotopic (exact) mass is 288 g/mol. The second kappa shape index (κ2) is 4.70. The van der Waals surface area contributed by atoms with E-state index in [4.69, 9.17) is 0 Å². The summed E-state index contributed by atoms with van der Waals surface area (Å²) >= 11 is 1.51. The average Bonchev–Trinajstić information content (AvgIpc) is 3.05. The second-order valence-corrected chi connectivity index (χ2v) is 6.01. The molecule has 1 aliphatic rings. The topological polar surface area (TPSA) is 49.5 Å². The van der Waals surface area contributed by atoms with Crippen LogP contribution >= 0.6 is 11.3 Å². The Morgan fingerprint density at radius 2 is 1.95 bits per heavy atom. The van der Waals surface area contributed by atoms with Gasteiger partial charge < -0.3 is 10.4 Å². The molecule has 2 atom stereocenters. The molecular weight excluding hydrogens is 272 g/mol. The smallest absolute Gasteiger partial charge is 0.274 e. The minimum atomic E-state index is -1.10. The fourth-order valence-corrected chi connectivity index (χ4v) is 3.56. The molecule has 0 amide bonds. The third-order valence-corrected chi connectivity index (χ3v) is 4.81. The van der Waals surface area contributed by atoms with Gasteiger partial charge in [-0.2, -0.15) is 4.74 Å². The largest absolute Gasteiger partial charge is 0.622 e. The van der Waals surface area contributed by atoms with Gasteiger partial charge in [0.2, 0.25) is 5.71 Å². The Bertz CT molecular complexity index is 639. The highest BCUT2D eigenvalue weighted by Crippen LogP contribution is 2.36. The Balaban J connectivity index is 2.18. The molecule has 104 valence electrons. The van der Waals surface area contributed by atoms with E-state index >= 15 is 0 Å². The molecule has 1 aromatic carbocycles. The fraction of sp³-hybridized carbons (Fsp3) is 0.267. The molecule has 0 aliphatic carbocycles. The minimum absolute atomic E-state index is 0.351. The van der Waals surface area contributed by atoms with Gasteiger partial charge in [-0.3, -0.25) is 0 Å². The van der Waals surface area contributed by atoms with Gasteiger partial charge in [0.05, 0.1) is 4.88 Å². The van der Waals surface area contributed by atoms with Gasteiger partial charge in [0.25, 0.3) is 5.66 Å². The fourth-order valence-electron chi connectivity index (χ4n) is 2.72. The van der Waals surface area contributed by atoms with E-state index in [0.717, 1.165) is 20.2 Å². The zero-order valence-corrected chi connectivity index (χ0v) is 12.2. The number of hydrogen-bond acceptors (Lipinski definition) is 4. The maximum atomic E-state index is 12.8. The number of rotatable bonds is 2. The molecule has 2 aromatic rings. The van der Waals surface area contributed by atoms with E-state index in [1.165, 1.54) is 11.3 Å². The van der Waals surface area contributed by atoms with E-state index in [1.807, 2.05) is 54.8 Å². The second-order valence-electron chi connectivity index (χ2n) is 5.06. The summed E-state index contributed by atoms with van der Waals surface area (Å²) in [6, 6.07) is 12.8. The average molecular weight is 288 g/mol. The van der Waals surface area contributed by atoms with E-state index in [0.29, 0.717) is 5.71 Å². The molecule has 0 fully saturated rings. The Kier molecular flexibility index (Phi) is 3.12. The number of hydroxylamine groups is 3. The first-order valence-corrected chi connectivity index (χ1v) is 7.36. The van der Waals surface area contributed by atoms with Crippen LogP contribution in [0.2, 0.25) is 0 Å². The summed E-state index contributed by atoms with van der Waals surface area (Å²) in [4.78, 5) is 0.895. The predicted octanol–water partition coefficient (Wildman–Crippen LogP) is 3.01. The van der Waals surface area contributed by atoms with Crippen molar-refractivity contribution in [1.29, 1.82) is 0 Å². The van der Waals surface area contributed by atoms with Crippen molar-refractivity contribution < 1.29 is 9.95 Å². The molecule has 1 N–H and O–H groups in total. The zero-order valence-electron chi connectivity index (χ0n) is 11.4. The molecule has 0 radical (unpaired) electrons. The summed E-state index contributed by atoms with van der Waals surface area (Å²) in [7, 11) is 0. The van der Waals surface area contributed by atoms with Gasteiger partial charge >= 0.3 is 0 Å². The molecular formula is C15H16N2O2S. The summed E-state index contributed by atoms with van der Waals surface area (Å²) in [5.41, 5.74) is 0.282. The minimum Gasteiger partial charge on any atom is -0.622 e. The highest BCUT2D eigenvalue weighted by Gasteiger charge is 2.54. The van der Waals surface area contributed by atoms with Crippen molar-refractivity contribution in [3.05, 3.63) is 63.5 Å². The van der Waals surface area contributed by atoms with Crippen LogP contribution in [0.4, 0.5) is 0 Å². The number of thiophene rings is 1. The maximum absolute atomic E-state index is 12.8. The standard InChI is InChI=1S/C15H16N2O2S/c1-11-14(13-9-6-10-20-13)17(19)15(2,16(11)18)12-7-4-3-5-8-12/h3-11,18H,1-2H3. The highest BCUT2D eigenvalue weighted by molar-refractivity contribution is 7.12. The van der Waals surface area contributed by atoms with Crippen LogP contribution in [0.1, 0.15) is 24.3 Å². The zero-order chi connectivity index (χ0) is 14.3. The lowest BCUT2D eigenvalue weighted by Crippen LogP contribution is -2.45. The lowest BCUT2D eigenvalue weighted by atomic mass is 10.0. The molecule has 0 saturated carbocycles. The van der Waals surface area contributed by atoms with Crippen LogP contribution in [0.5, 0.6) is 0 Å². The molecule has 4 nitrogen and oxygen atoms in total. The van der Waals surface area contributed by atoms with Crippen LogP contribution in [0.3, 0.4) is 0 Å². The molecule has 5 heteroatoms. The van der Waals surface area contributed by atoms with Crippen LogP contribution in [0, 0.1) is 5.21 Å². The third kappa shape index (κ3) is 1.71. The van der Waals surface area contributed by atoms with Gasteiger partial charge in [-0.1, -0.05) is 36.4 Å². The van der Waals surface area contributed by atoms with Gasteiger partial charge in [-0.15, -0.1) is 16.4 Å². The Hall–Kier alpha value is -1.69. The summed E-state index contributed by atoms with van der Waals surface area (Å²) in [5, 5.41) is 26.4. The highest BCUT2D eigenvalue weighted by atomic mass is 32.1. The van der Waals surface area contributed by atoms with Gasteiger partial charge in [0.15, 0.2) is 0 Å². The molecule has 0 spiro atoms. The lowest BCUT2D eigenvalue weighted by molar-refractivity contribution is -0.595. The maximum Gasteiger partial charge on any atom is 0.274 e. The van der Waals surface area contributed by atoms with Crippen LogP contribution in [-0.2, 0) is 5.66 Å². The van der Waals surface area contributed by atoms with Crippen LogP contribution < -0.4 is 0 Å². The Morgan fingerprint density at radius 3 is 2.55 bits per heavy atom. The van der Waals surface area contributed by atoms with E-state index in [9.17, 15) is 10.4 Å². The van der Waals surface area contributed by atoms with Crippen LogP contribution in [0.15, 0.2) is 47.8 Å². The molecule has 20 heavy (non-hydrogen) atoms. The SMILES string of the molecule is CC1C(c2cccs2)=[N+]([O-])C(C)(c2ccccc2)N1O. The summed E-state index contributed by atoms with van der Waals surface area (Å²) in [6.45, 7) is 3.58. The normalized spacial score (nSPS) is 27.2. The molecule has 2 heterocycles. The van der Waals surface area contributed by atoms with Crippen LogP contribution in [-0.4, -0.2) is 26.8 Å². The molecule has 1 aliphatic heterocycles. The first kappa shape index (κ1) is 13.3. The molecule has 1 aromatic heterocycles. The molecule has 0 bridgehead atoms. The van der Waals surface area contributed by atoms with Crippen molar-refractivity contribution in [2.24, 2.45) is 0 Å². The Morgan fingerprint density at radius 1 is 1.25 bits per heavy atom. The van der Waals surface area contributed by atoms with Crippen molar-refractivity contribution >= 4 is 17.0 Å². The van der Waals surface area contributed by atoms with Gasteiger partial charge in [0.1, 0.15) is 6.04 Å². The third-order valence-electron chi connectivity index (χ3n) is 3.92. The number of benzene rings is 1. The number of hydrogen-bond donors (Lipinski definition) is 1. The van der Waals surface area contributed by atoms with Gasteiger partial charge in [-0.05, 0) is 18.4 Å². The van der Waals surface area contributed by atoms with E-state index in [1.54, 1.807) is 6.92 Å². The molecule has 3 rings (SSSR count). The summed E-state index contributed by atoms with van der Waals surface area (Å²) < 4.78 is 0.929. The van der Waals surface area contributed by atoms with Crippen molar-refractivity contribution in [2.45, 2.75) is 25.6 Å². The molecule has 2 unspecified atom stereocenters. The van der Waals surface area contributed by atoms with Crippen molar-refractivity contribution in [3.63, 3.8) is 0 Å². The van der Waals surface area contributed by atoms with Gasteiger partial charge in [-0.25, -0.2) is 0 Å². The van der Waals surface area contributed by atoms with Crippen molar-refractivity contribution in [1.82, 2.24) is 5.06 Å². The predicted molar refractivity (Wildman–Crippen MR) is 78.9 cm³/mol. The number of nitrogens with zero attached hydrogens (tertiary/aromatic N) is 2. The molecule has 0 saturated heterocycles. The quantitative estimate of drug-likeness (QED) is 0.682. The Labute approximate surface area is 121 Å².